The van der Waals surface area contributed by atoms with Gasteiger partial charge < -0.3 is 4.79 Å². The fourth-order valence-electron chi connectivity index (χ4n) is 2.42. The molecule has 6 heteroatoms. The molecule has 1 atom stereocenters. The highest BCUT2D eigenvalue weighted by atomic mass is 32.2. The molecule has 114 valence electrons. The highest BCUT2D eigenvalue weighted by Gasteiger charge is 2.35. The van der Waals surface area contributed by atoms with Gasteiger partial charge in [0.05, 0.1) is 4.90 Å². The van der Waals surface area contributed by atoms with Crippen LogP contribution in [-0.4, -0.2) is 36.7 Å². The molecule has 2 aromatic carbocycles. The Kier molecular flexibility index (Phi) is 4.33. The summed E-state index contributed by atoms with van der Waals surface area (Å²) in [6.45, 7) is 0.372. The van der Waals surface area contributed by atoms with Crippen LogP contribution in [-0.2, 0) is 14.8 Å². The van der Waals surface area contributed by atoms with Gasteiger partial charge in [-0.25, -0.2) is 8.42 Å². The lowest BCUT2D eigenvalue weighted by molar-refractivity contribution is -0.108. The first-order valence-corrected chi connectivity index (χ1v) is 9.36. The highest BCUT2D eigenvalue weighted by Crippen LogP contribution is 2.29. The third-order valence-electron chi connectivity index (χ3n) is 3.57. The molecule has 2 aromatic rings. The van der Waals surface area contributed by atoms with Crippen LogP contribution >= 0.6 is 11.8 Å². The van der Waals surface area contributed by atoms with E-state index in [2.05, 4.69) is 0 Å². The van der Waals surface area contributed by atoms with Gasteiger partial charge >= 0.3 is 0 Å². The van der Waals surface area contributed by atoms with E-state index in [1.165, 1.54) is 16.1 Å². The van der Waals surface area contributed by atoms with E-state index in [4.69, 9.17) is 0 Å². The van der Waals surface area contributed by atoms with Gasteiger partial charge in [-0.05, 0) is 23.3 Å². The smallest absolute Gasteiger partial charge is 0.244 e. The molecule has 1 heterocycles. The highest BCUT2D eigenvalue weighted by molar-refractivity contribution is 8.01. The Labute approximate surface area is 134 Å². The van der Waals surface area contributed by atoms with Crippen LogP contribution in [0.4, 0.5) is 0 Å². The van der Waals surface area contributed by atoms with Gasteiger partial charge in [0.25, 0.3) is 0 Å². The number of rotatable bonds is 4. The number of hydrogen-bond donors (Lipinski definition) is 0. The third kappa shape index (κ3) is 2.82. The molecule has 1 aliphatic rings. The first-order chi connectivity index (χ1) is 10.6. The van der Waals surface area contributed by atoms with Crippen molar-refractivity contribution in [1.82, 2.24) is 4.31 Å². The zero-order valence-corrected chi connectivity index (χ0v) is 13.4. The van der Waals surface area contributed by atoms with Crippen molar-refractivity contribution in [3.63, 3.8) is 0 Å². The van der Waals surface area contributed by atoms with E-state index < -0.39 is 15.4 Å². The van der Waals surface area contributed by atoms with Gasteiger partial charge in [0, 0.05) is 12.3 Å². The van der Waals surface area contributed by atoms with Gasteiger partial charge in [-0.2, -0.15) is 4.31 Å². The summed E-state index contributed by atoms with van der Waals surface area (Å²) in [5.41, 5.74) is 2.00. The van der Waals surface area contributed by atoms with Crippen LogP contribution in [0.1, 0.15) is 0 Å². The van der Waals surface area contributed by atoms with Crippen molar-refractivity contribution in [2.75, 3.05) is 12.3 Å². The fraction of sp³-hybridized carbons (Fsp3) is 0.188. The number of benzene rings is 2. The molecule has 1 aliphatic heterocycles. The maximum atomic E-state index is 12.6. The number of thioether (sulfide) groups is 1. The van der Waals surface area contributed by atoms with Crippen molar-refractivity contribution in [2.45, 2.75) is 10.3 Å². The average molecular weight is 333 g/mol. The van der Waals surface area contributed by atoms with Crippen LogP contribution in [0.2, 0.25) is 0 Å². The molecule has 0 N–H and O–H groups in total. The summed E-state index contributed by atoms with van der Waals surface area (Å²) in [5, 5.41) is -0.612. The Morgan fingerprint density at radius 2 is 1.64 bits per heavy atom. The van der Waals surface area contributed by atoms with E-state index >= 15 is 0 Å². The summed E-state index contributed by atoms with van der Waals surface area (Å²) in [6, 6.07) is 16.6. The molecule has 0 bridgehead atoms. The van der Waals surface area contributed by atoms with Gasteiger partial charge in [-0.1, -0.05) is 42.5 Å². The first-order valence-electron chi connectivity index (χ1n) is 6.87. The lowest BCUT2D eigenvalue weighted by atomic mass is 10.1. The molecule has 0 spiro atoms. The molecule has 0 unspecified atom stereocenters. The predicted octanol–water partition coefficient (Wildman–Crippen LogP) is 2.62. The summed E-state index contributed by atoms with van der Waals surface area (Å²) in [5.74, 6) is 0.644. The Balaban J connectivity index is 1.91. The fourth-order valence-corrected chi connectivity index (χ4v) is 5.36. The second-order valence-corrected chi connectivity index (χ2v) is 8.02. The molecule has 0 saturated carbocycles. The van der Waals surface area contributed by atoms with Crippen molar-refractivity contribution in [1.29, 1.82) is 0 Å². The van der Waals surface area contributed by atoms with Gasteiger partial charge in [-0.3, -0.25) is 0 Å². The Bertz CT molecular complexity index is 758. The van der Waals surface area contributed by atoms with Crippen molar-refractivity contribution < 1.29 is 13.2 Å². The molecule has 0 amide bonds. The number of nitrogens with zero attached hydrogens (tertiary/aromatic N) is 1. The minimum Gasteiger partial charge on any atom is -0.301 e. The maximum absolute atomic E-state index is 12.6. The molecule has 3 rings (SSSR count). The van der Waals surface area contributed by atoms with Crippen molar-refractivity contribution in [3.05, 3.63) is 54.6 Å². The average Bonchev–Trinajstić information content (AvgIpc) is 3.05. The van der Waals surface area contributed by atoms with Crippen LogP contribution in [0.5, 0.6) is 0 Å². The number of aldehydes is 1. The number of carbonyl (C=O) groups is 1. The molecule has 1 fully saturated rings. The summed E-state index contributed by atoms with van der Waals surface area (Å²) in [6.07, 6.45) is 0.688. The van der Waals surface area contributed by atoms with Crippen LogP contribution < -0.4 is 0 Å². The number of carbonyl (C=O) groups excluding carboxylic acids is 1. The topological polar surface area (TPSA) is 54.5 Å². The summed E-state index contributed by atoms with van der Waals surface area (Å²) in [4.78, 5) is 11.2. The third-order valence-corrected chi connectivity index (χ3v) is 6.72. The van der Waals surface area contributed by atoms with E-state index in [1.807, 2.05) is 30.3 Å². The largest absolute Gasteiger partial charge is 0.301 e. The number of sulfonamides is 1. The SMILES string of the molecule is O=C[C@@H]1SCCN1S(=O)(=O)c1ccc(-c2ccccc2)cc1. The second-order valence-electron chi connectivity index (χ2n) is 4.90. The van der Waals surface area contributed by atoms with Gasteiger partial charge in [-0.15, -0.1) is 11.8 Å². The zero-order valence-electron chi connectivity index (χ0n) is 11.8. The molecule has 1 saturated heterocycles. The van der Waals surface area contributed by atoms with E-state index in [-0.39, 0.29) is 4.90 Å². The molecular weight excluding hydrogens is 318 g/mol. The lowest BCUT2D eigenvalue weighted by Crippen LogP contribution is -2.35. The molecule has 4 nitrogen and oxygen atoms in total. The van der Waals surface area contributed by atoms with E-state index in [0.29, 0.717) is 18.6 Å². The number of hydrogen-bond acceptors (Lipinski definition) is 4. The summed E-state index contributed by atoms with van der Waals surface area (Å²) < 4.78 is 26.5. The zero-order chi connectivity index (χ0) is 15.6. The van der Waals surface area contributed by atoms with E-state index in [9.17, 15) is 13.2 Å². The van der Waals surface area contributed by atoms with Crippen LogP contribution in [0.3, 0.4) is 0 Å². The van der Waals surface area contributed by atoms with Gasteiger partial charge in [0.15, 0.2) is 0 Å². The van der Waals surface area contributed by atoms with Gasteiger partial charge in [0.2, 0.25) is 10.0 Å². The minimum atomic E-state index is -3.62. The Hall–Kier alpha value is -1.63. The summed E-state index contributed by atoms with van der Waals surface area (Å²) >= 11 is 1.35. The minimum absolute atomic E-state index is 0.224. The van der Waals surface area contributed by atoms with Crippen molar-refractivity contribution in [2.24, 2.45) is 0 Å². The van der Waals surface area contributed by atoms with Gasteiger partial charge in [0.1, 0.15) is 11.7 Å². The Morgan fingerprint density at radius 1 is 1.00 bits per heavy atom. The van der Waals surface area contributed by atoms with E-state index in [0.717, 1.165) is 11.1 Å². The normalized spacial score (nSPS) is 19.2. The first kappa shape index (κ1) is 15.3. The summed E-state index contributed by atoms with van der Waals surface area (Å²) in [7, 11) is -3.62. The Morgan fingerprint density at radius 3 is 2.27 bits per heavy atom. The molecule has 0 aliphatic carbocycles. The van der Waals surface area contributed by atoms with E-state index in [1.54, 1.807) is 24.3 Å². The molecule has 22 heavy (non-hydrogen) atoms. The lowest BCUT2D eigenvalue weighted by Gasteiger charge is -2.19. The van der Waals surface area contributed by atoms with Crippen LogP contribution in [0, 0.1) is 0 Å². The van der Waals surface area contributed by atoms with Crippen molar-refractivity contribution in [3.8, 4) is 11.1 Å². The quantitative estimate of drug-likeness (QED) is 0.807. The predicted molar refractivity (Wildman–Crippen MR) is 88.1 cm³/mol. The molecule has 0 aromatic heterocycles. The van der Waals surface area contributed by atoms with Crippen LogP contribution in [0.25, 0.3) is 11.1 Å². The second kappa shape index (κ2) is 6.24. The maximum Gasteiger partial charge on any atom is 0.244 e. The molecule has 0 radical (unpaired) electrons. The standard InChI is InChI=1S/C16H15NO3S2/c18-12-16-17(10-11-21-16)22(19,20)15-8-6-14(7-9-15)13-4-2-1-3-5-13/h1-9,12,16H,10-11H2/t16-/m0/s1. The molecular formula is C16H15NO3S2. The monoisotopic (exact) mass is 333 g/mol. The van der Waals surface area contributed by atoms with Crippen LogP contribution in [0.15, 0.2) is 59.5 Å². The van der Waals surface area contributed by atoms with Crippen molar-refractivity contribution >= 4 is 28.1 Å².